The van der Waals surface area contributed by atoms with E-state index in [1.54, 1.807) is 6.07 Å². The van der Waals surface area contributed by atoms with Gasteiger partial charge in [-0.1, -0.05) is 19.1 Å². The average molecular weight is 354 g/mol. The Hall–Kier alpha value is -0.880. The molecule has 0 aliphatic rings. The number of rotatable bonds is 7. The van der Waals surface area contributed by atoms with E-state index in [4.69, 9.17) is 0 Å². The first-order valence-corrected chi connectivity index (χ1v) is 6.80. The molecule has 2 N–H and O–H groups in total. The topological polar surface area (TPSA) is 44.4 Å². The summed E-state index contributed by atoms with van der Waals surface area (Å²) in [6.45, 7) is 2.97. The maximum absolute atomic E-state index is 13.3. The summed E-state index contributed by atoms with van der Waals surface area (Å²) in [5.41, 5.74) is 0.858. The Labute approximate surface area is 144 Å². The highest BCUT2D eigenvalue weighted by molar-refractivity contribution is 5.85. The molecule has 2 unspecified atom stereocenters. The van der Waals surface area contributed by atoms with Gasteiger partial charge in [0.2, 0.25) is 5.91 Å². The summed E-state index contributed by atoms with van der Waals surface area (Å²) < 4.78 is 13.3. The van der Waals surface area contributed by atoms with Gasteiger partial charge in [-0.25, -0.2) is 4.39 Å². The number of carbonyl (C=O) groups excluding carboxylic acids is 1. The van der Waals surface area contributed by atoms with E-state index < -0.39 is 0 Å². The Balaban J connectivity index is 0. The number of likely N-dealkylation sites (N-methyl/N-ethyl adjacent to an activating group) is 1. The first kappa shape index (κ1) is 23.4. The molecule has 22 heavy (non-hydrogen) atoms. The lowest BCUT2D eigenvalue weighted by Crippen LogP contribution is -2.39. The maximum atomic E-state index is 13.3. The van der Waals surface area contributed by atoms with Crippen molar-refractivity contribution in [3.8, 4) is 0 Å². The average Bonchev–Trinajstić information content (AvgIpc) is 2.38. The molecular weight excluding hydrogens is 328 g/mol. The minimum absolute atomic E-state index is 0. The lowest BCUT2D eigenvalue weighted by atomic mass is 10.1. The van der Waals surface area contributed by atoms with Crippen molar-refractivity contribution in [2.24, 2.45) is 5.92 Å². The van der Waals surface area contributed by atoms with Gasteiger partial charge in [0.25, 0.3) is 0 Å². The van der Waals surface area contributed by atoms with Gasteiger partial charge in [0, 0.05) is 19.0 Å². The summed E-state index contributed by atoms with van der Waals surface area (Å²) in [5, 5.41) is 5.90. The molecule has 1 rings (SSSR count). The molecule has 7 heteroatoms. The molecule has 0 aromatic heterocycles. The fourth-order valence-corrected chi connectivity index (χ4v) is 2.08. The number of carbonyl (C=O) groups is 1. The van der Waals surface area contributed by atoms with Crippen LogP contribution in [0.5, 0.6) is 0 Å². The van der Waals surface area contributed by atoms with Crippen LogP contribution in [0.15, 0.2) is 24.3 Å². The summed E-state index contributed by atoms with van der Waals surface area (Å²) >= 11 is 0. The molecular formula is C15H26Cl2FN3O. The van der Waals surface area contributed by atoms with Crippen molar-refractivity contribution in [2.45, 2.75) is 13.0 Å². The van der Waals surface area contributed by atoms with Crippen LogP contribution in [-0.2, 0) is 4.79 Å². The maximum Gasteiger partial charge on any atom is 0.224 e. The monoisotopic (exact) mass is 353 g/mol. The number of hydrogen-bond acceptors (Lipinski definition) is 3. The smallest absolute Gasteiger partial charge is 0.224 e. The van der Waals surface area contributed by atoms with E-state index in [-0.39, 0.29) is 48.5 Å². The molecule has 128 valence electrons. The highest BCUT2D eigenvalue weighted by atomic mass is 35.5. The van der Waals surface area contributed by atoms with Crippen LogP contribution in [0.25, 0.3) is 0 Å². The zero-order valence-electron chi connectivity index (χ0n) is 13.4. The Bertz CT molecular complexity index is 447. The van der Waals surface area contributed by atoms with E-state index in [9.17, 15) is 9.18 Å². The fourth-order valence-electron chi connectivity index (χ4n) is 2.08. The summed E-state index contributed by atoms with van der Waals surface area (Å²) in [4.78, 5) is 13.9. The molecule has 0 spiro atoms. The predicted octanol–water partition coefficient (Wildman–Crippen LogP) is 2.24. The second-order valence-electron chi connectivity index (χ2n) is 5.24. The first-order valence-electron chi connectivity index (χ1n) is 6.80. The highest BCUT2D eigenvalue weighted by Crippen LogP contribution is 2.18. The molecule has 0 bridgehead atoms. The van der Waals surface area contributed by atoms with Crippen LogP contribution in [0.3, 0.4) is 0 Å². The van der Waals surface area contributed by atoms with E-state index in [0.29, 0.717) is 13.1 Å². The van der Waals surface area contributed by atoms with Gasteiger partial charge in [-0.05, 0) is 38.8 Å². The van der Waals surface area contributed by atoms with Crippen LogP contribution >= 0.6 is 24.8 Å². The van der Waals surface area contributed by atoms with Crippen LogP contribution in [0.1, 0.15) is 18.5 Å². The van der Waals surface area contributed by atoms with Crippen LogP contribution in [-0.4, -0.2) is 45.0 Å². The predicted molar refractivity (Wildman–Crippen MR) is 93.4 cm³/mol. The van der Waals surface area contributed by atoms with Crippen molar-refractivity contribution in [2.75, 3.05) is 34.2 Å². The molecule has 0 radical (unpaired) electrons. The standard InChI is InChI=1S/C15H24FN3O.2ClH/c1-11(9-17-2)15(20)18-10-14(19(3)4)12-6-5-7-13(16)8-12;;/h5-8,11,14,17H,9-10H2,1-4H3,(H,18,20);2*1H. The molecule has 1 amide bonds. The van der Waals surface area contributed by atoms with E-state index in [1.807, 2.05) is 39.0 Å². The lowest BCUT2D eigenvalue weighted by Gasteiger charge is -2.25. The number of amides is 1. The summed E-state index contributed by atoms with van der Waals surface area (Å²) in [6, 6.07) is 6.44. The third-order valence-corrected chi connectivity index (χ3v) is 3.28. The zero-order chi connectivity index (χ0) is 15.1. The molecule has 1 aromatic carbocycles. The van der Waals surface area contributed by atoms with Gasteiger partial charge in [0.05, 0.1) is 6.04 Å². The minimum Gasteiger partial charge on any atom is -0.354 e. The Morgan fingerprint density at radius 1 is 1.27 bits per heavy atom. The fraction of sp³-hybridized carbons (Fsp3) is 0.533. The number of nitrogens with one attached hydrogen (secondary N) is 2. The van der Waals surface area contributed by atoms with Gasteiger partial charge in [0.15, 0.2) is 0 Å². The van der Waals surface area contributed by atoms with Crippen molar-refractivity contribution in [1.82, 2.24) is 15.5 Å². The molecule has 0 saturated carbocycles. The molecule has 0 aliphatic carbocycles. The number of nitrogens with zero attached hydrogens (tertiary/aromatic N) is 1. The summed E-state index contributed by atoms with van der Waals surface area (Å²) in [5.74, 6) is -0.345. The van der Waals surface area contributed by atoms with E-state index in [1.165, 1.54) is 12.1 Å². The second kappa shape index (κ2) is 11.7. The van der Waals surface area contributed by atoms with Gasteiger partial charge in [0.1, 0.15) is 5.82 Å². The normalized spacial score (nSPS) is 12.8. The highest BCUT2D eigenvalue weighted by Gasteiger charge is 2.18. The Kier molecular flexibility index (Phi) is 12.4. The Morgan fingerprint density at radius 2 is 1.91 bits per heavy atom. The molecule has 4 nitrogen and oxygen atoms in total. The van der Waals surface area contributed by atoms with Crippen LogP contribution < -0.4 is 10.6 Å². The van der Waals surface area contributed by atoms with E-state index in [2.05, 4.69) is 10.6 Å². The van der Waals surface area contributed by atoms with Gasteiger partial charge in [-0.3, -0.25) is 4.79 Å². The van der Waals surface area contributed by atoms with E-state index >= 15 is 0 Å². The quantitative estimate of drug-likeness (QED) is 0.790. The molecule has 0 heterocycles. The van der Waals surface area contributed by atoms with Gasteiger partial charge >= 0.3 is 0 Å². The van der Waals surface area contributed by atoms with Gasteiger partial charge in [-0.2, -0.15) is 0 Å². The Morgan fingerprint density at radius 3 is 2.41 bits per heavy atom. The van der Waals surface area contributed by atoms with Crippen molar-refractivity contribution in [3.63, 3.8) is 0 Å². The number of benzene rings is 1. The van der Waals surface area contributed by atoms with Crippen LogP contribution in [0.2, 0.25) is 0 Å². The largest absolute Gasteiger partial charge is 0.354 e. The molecule has 0 fully saturated rings. The third kappa shape index (κ3) is 7.40. The SMILES string of the molecule is CNCC(C)C(=O)NCC(c1cccc(F)c1)N(C)C.Cl.Cl. The van der Waals surface area contributed by atoms with Crippen LogP contribution in [0.4, 0.5) is 4.39 Å². The molecule has 1 aromatic rings. The third-order valence-electron chi connectivity index (χ3n) is 3.28. The van der Waals surface area contributed by atoms with Gasteiger partial charge < -0.3 is 15.5 Å². The zero-order valence-corrected chi connectivity index (χ0v) is 15.1. The van der Waals surface area contributed by atoms with Crippen LogP contribution in [0, 0.1) is 11.7 Å². The first-order chi connectivity index (χ1) is 9.45. The lowest BCUT2D eigenvalue weighted by molar-refractivity contribution is -0.124. The second-order valence-corrected chi connectivity index (χ2v) is 5.24. The molecule has 2 atom stereocenters. The van der Waals surface area contributed by atoms with Crippen molar-refractivity contribution >= 4 is 30.7 Å². The van der Waals surface area contributed by atoms with E-state index in [0.717, 1.165) is 5.56 Å². The minimum atomic E-state index is -0.260. The van der Waals surface area contributed by atoms with Crippen molar-refractivity contribution in [3.05, 3.63) is 35.6 Å². The summed E-state index contributed by atoms with van der Waals surface area (Å²) in [7, 11) is 5.65. The van der Waals surface area contributed by atoms with Gasteiger partial charge in [-0.15, -0.1) is 24.8 Å². The molecule has 0 aliphatic heterocycles. The molecule has 0 saturated heterocycles. The summed E-state index contributed by atoms with van der Waals surface area (Å²) in [6.07, 6.45) is 0. The van der Waals surface area contributed by atoms with Crippen molar-refractivity contribution in [1.29, 1.82) is 0 Å². The van der Waals surface area contributed by atoms with Crippen molar-refractivity contribution < 1.29 is 9.18 Å². The number of halogens is 3. The number of hydrogen-bond donors (Lipinski definition) is 2.